The molecule has 3 N–H and O–H groups in total. The third kappa shape index (κ3) is 4.16. The van der Waals surface area contributed by atoms with Crippen LogP contribution in [0.2, 0.25) is 0 Å². The molecule has 26 heavy (non-hydrogen) atoms. The summed E-state index contributed by atoms with van der Waals surface area (Å²) in [7, 11) is 1.59. The summed E-state index contributed by atoms with van der Waals surface area (Å²) in [5.41, 5.74) is 7.04. The van der Waals surface area contributed by atoms with Gasteiger partial charge in [0, 0.05) is 4.88 Å². The molecular weight excluding hydrogens is 352 g/mol. The molecule has 0 atom stereocenters. The lowest BCUT2D eigenvalue weighted by molar-refractivity contribution is -0.118. The second kappa shape index (κ2) is 8.23. The molecule has 6 nitrogen and oxygen atoms in total. The monoisotopic (exact) mass is 374 g/mol. The number of hydrogen-bond donors (Lipinski definition) is 2. The van der Waals surface area contributed by atoms with Gasteiger partial charge in [0.05, 0.1) is 12.7 Å². The molecule has 1 aliphatic carbocycles. The molecule has 0 bridgehead atoms. The molecule has 0 unspecified atom stereocenters. The first-order valence-corrected chi connectivity index (χ1v) is 9.41. The van der Waals surface area contributed by atoms with Crippen molar-refractivity contribution in [2.45, 2.75) is 32.1 Å². The molecule has 0 saturated heterocycles. The van der Waals surface area contributed by atoms with Crippen LogP contribution in [0.1, 0.15) is 40.1 Å². The van der Waals surface area contributed by atoms with Gasteiger partial charge in [-0.1, -0.05) is 6.42 Å². The van der Waals surface area contributed by atoms with Crippen LogP contribution in [0, 0.1) is 0 Å². The van der Waals surface area contributed by atoms with Gasteiger partial charge in [-0.05, 0) is 55.5 Å². The quantitative estimate of drug-likeness (QED) is 0.760. The van der Waals surface area contributed by atoms with Gasteiger partial charge >= 0.3 is 0 Å². The molecule has 7 heteroatoms. The Morgan fingerprint density at radius 2 is 1.81 bits per heavy atom. The first-order valence-electron chi connectivity index (χ1n) is 8.59. The van der Waals surface area contributed by atoms with E-state index in [4.69, 9.17) is 15.2 Å². The Bertz CT molecular complexity index is 799. The van der Waals surface area contributed by atoms with Crippen LogP contribution in [0.4, 0.5) is 5.00 Å². The number of anilines is 1. The summed E-state index contributed by atoms with van der Waals surface area (Å²) in [5, 5.41) is 3.33. The van der Waals surface area contributed by atoms with E-state index < -0.39 is 5.91 Å². The van der Waals surface area contributed by atoms with Gasteiger partial charge in [-0.3, -0.25) is 9.59 Å². The lowest BCUT2D eigenvalue weighted by atomic mass is 10.1. The van der Waals surface area contributed by atoms with Crippen molar-refractivity contribution in [2.24, 2.45) is 5.73 Å². The van der Waals surface area contributed by atoms with Crippen molar-refractivity contribution < 1.29 is 19.1 Å². The SMILES string of the molecule is COc1ccc(OCC(=O)Nc2sc3c(c2C(N)=O)CCCCC3)cc1. The zero-order chi connectivity index (χ0) is 18.5. The van der Waals surface area contributed by atoms with Gasteiger partial charge in [-0.2, -0.15) is 0 Å². The minimum absolute atomic E-state index is 0.146. The van der Waals surface area contributed by atoms with Crippen molar-refractivity contribution in [1.29, 1.82) is 0 Å². The Labute approximate surface area is 156 Å². The number of nitrogens with one attached hydrogen (secondary N) is 1. The van der Waals surface area contributed by atoms with E-state index in [2.05, 4.69) is 5.32 Å². The number of benzene rings is 1. The smallest absolute Gasteiger partial charge is 0.262 e. The highest BCUT2D eigenvalue weighted by atomic mass is 32.1. The molecule has 2 amide bonds. The fraction of sp³-hybridized carbons (Fsp3) is 0.368. The maximum Gasteiger partial charge on any atom is 0.262 e. The van der Waals surface area contributed by atoms with Gasteiger partial charge in [0.25, 0.3) is 11.8 Å². The molecule has 0 fully saturated rings. The summed E-state index contributed by atoms with van der Waals surface area (Å²) in [6.07, 6.45) is 5.05. The van der Waals surface area contributed by atoms with Gasteiger partial charge in [0.1, 0.15) is 16.5 Å². The first-order chi connectivity index (χ1) is 12.6. The zero-order valence-electron chi connectivity index (χ0n) is 14.7. The second-order valence-electron chi connectivity index (χ2n) is 6.15. The molecule has 0 spiro atoms. The van der Waals surface area contributed by atoms with E-state index in [1.807, 2.05) is 0 Å². The van der Waals surface area contributed by atoms with E-state index in [1.165, 1.54) is 11.3 Å². The Hall–Kier alpha value is -2.54. The van der Waals surface area contributed by atoms with Gasteiger partial charge in [-0.15, -0.1) is 11.3 Å². The highest BCUT2D eigenvalue weighted by Gasteiger charge is 2.24. The highest BCUT2D eigenvalue weighted by molar-refractivity contribution is 7.17. The van der Waals surface area contributed by atoms with Crippen LogP contribution in [0.15, 0.2) is 24.3 Å². The standard InChI is InChI=1S/C19H22N2O4S/c1-24-12-7-9-13(10-8-12)25-11-16(22)21-19-17(18(20)23)14-5-3-2-4-6-15(14)26-19/h7-10H,2-6,11H2,1H3,(H2,20,23)(H,21,22). The topological polar surface area (TPSA) is 90.7 Å². The number of carbonyl (C=O) groups excluding carboxylic acids is 2. The average molecular weight is 374 g/mol. The van der Waals surface area contributed by atoms with Crippen LogP contribution < -0.4 is 20.5 Å². The number of nitrogens with two attached hydrogens (primary N) is 1. The van der Waals surface area contributed by atoms with Crippen LogP contribution in [0.5, 0.6) is 11.5 Å². The number of hydrogen-bond acceptors (Lipinski definition) is 5. The number of methoxy groups -OCH3 is 1. The van der Waals surface area contributed by atoms with E-state index >= 15 is 0 Å². The maximum absolute atomic E-state index is 12.3. The van der Waals surface area contributed by atoms with E-state index in [1.54, 1.807) is 31.4 Å². The molecule has 0 saturated carbocycles. The average Bonchev–Trinajstić information content (AvgIpc) is 2.81. The minimum atomic E-state index is -0.490. The fourth-order valence-corrected chi connectivity index (χ4v) is 4.39. The normalized spacial score (nSPS) is 13.4. The highest BCUT2D eigenvalue weighted by Crippen LogP contribution is 2.37. The Kier molecular flexibility index (Phi) is 5.78. The zero-order valence-corrected chi connectivity index (χ0v) is 15.5. The summed E-state index contributed by atoms with van der Waals surface area (Å²) >= 11 is 1.45. The second-order valence-corrected chi connectivity index (χ2v) is 7.25. The Morgan fingerprint density at radius 3 is 2.50 bits per heavy atom. The molecule has 0 radical (unpaired) electrons. The van der Waals surface area contributed by atoms with Crippen LogP contribution in [-0.2, 0) is 17.6 Å². The first kappa shape index (κ1) is 18.3. The molecule has 138 valence electrons. The van der Waals surface area contributed by atoms with Crippen molar-refractivity contribution >= 4 is 28.2 Å². The van der Waals surface area contributed by atoms with E-state index in [0.29, 0.717) is 22.1 Å². The third-order valence-corrected chi connectivity index (χ3v) is 5.56. The summed E-state index contributed by atoms with van der Waals surface area (Å²) in [6.45, 7) is -0.146. The predicted molar refractivity (Wildman–Crippen MR) is 101 cm³/mol. The Morgan fingerprint density at radius 1 is 1.12 bits per heavy atom. The van der Waals surface area contributed by atoms with Crippen molar-refractivity contribution in [1.82, 2.24) is 0 Å². The molecular formula is C19H22N2O4S. The lowest BCUT2D eigenvalue weighted by Crippen LogP contribution is -2.22. The number of thiophene rings is 1. The lowest BCUT2D eigenvalue weighted by Gasteiger charge is -2.08. The molecule has 3 rings (SSSR count). The van der Waals surface area contributed by atoms with Crippen molar-refractivity contribution in [2.75, 3.05) is 19.0 Å². The summed E-state index contributed by atoms with van der Waals surface area (Å²) < 4.78 is 10.6. The minimum Gasteiger partial charge on any atom is -0.497 e. The Balaban J connectivity index is 1.67. The number of carbonyl (C=O) groups is 2. The number of primary amides is 1. The van der Waals surface area contributed by atoms with Gasteiger partial charge in [0.15, 0.2) is 6.61 Å². The van der Waals surface area contributed by atoms with Gasteiger partial charge in [0.2, 0.25) is 0 Å². The van der Waals surface area contributed by atoms with Crippen molar-refractivity contribution in [3.05, 3.63) is 40.3 Å². The number of rotatable bonds is 6. The number of ether oxygens (including phenoxy) is 2. The van der Waals surface area contributed by atoms with Crippen LogP contribution in [0.3, 0.4) is 0 Å². The van der Waals surface area contributed by atoms with Crippen molar-refractivity contribution in [3.63, 3.8) is 0 Å². The van der Waals surface area contributed by atoms with Crippen LogP contribution in [-0.4, -0.2) is 25.5 Å². The molecule has 2 aromatic rings. The van der Waals surface area contributed by atoms with Gasteiger partial charge in [-0.25, -0.2) is 0 Å². The molecule has 1 aromatic heterocycles. The van der Waals surface area contributed by atoms with E-state index in [-0.39, 0.29) is 12.5 Å². The molecule has 0 aliphatic heterocycles. The number of amides is 2. The van der Waals surface area contributed by atoms with E-state index in [9.17, 15) is 9.59 Å². The molecule has 1 aliphatic rings. The molecule has 1 heterocycles. The molecule has 1 aromatic carbocycles. The van der Waals surface area contributed by atoms with Crippen molar-refractivity contribution in [3.8, 4) is 11.5 Å². The summed E-state index contributed by atoms with van der Waals surface area (Å²) in [5.74, 6) is 0.474. The predicted octanol–water partition coefficient (Wildman–Crippen LogP) is 3.14. The third-order valence-electron chi connectivity index (χ3n) is 4.35. The summed E-state index contributed by atoms with van der Waals surface area (Å²) in [6, 6.07) is 6.98. The van der Waals surface area contributed by atoms with Crippen LogP contribution in [0.25, 0.3) is 0 Å². The number of aryl methyl sites for hydroxylation is 1. The fourth-order valence-electron chi connectivity index (χ4n) is 3.07. The van der Waals surface area contributed by atoms with E-state index in [0.717, 1.165) is 42.5 Å². The number of fused-ring (bicyclic) bond motifs is 1. The largest absolute Gasteiger partial charge is 0.497 e. The maximum atomic E-state index is 12.3. The summed E-state index contributed by atoms with van der Waals surface area (Å²) in [4.78, 5) is 25.3. The van der Waals surface area contributed by atoms with Crippen LogP contribution >= 0.6 is 11.3 Å². The van der Waals surface area contributed by atoms with Gasteiger partial charge < -0.3 is 20.5 Å².